The first kappa shape index (κ1) is 20.8. The van der Waals surface area contributed by atoms with E-state index < -0.39 is 0 Å². The molecule has 28 heavy (non-hydrogen) atoms. The molecule has 1 saturated heterocycles. The highest BCUT2D eigenvalue weighted by molar-refractivity contribution is 6.22. The second-order valence-corrected chi connectivity index (χ2v) is 8.08. The standard InChI is InChI=1S/C21H27N3O3.ClH/c1-13-12-22-10-9-18(13)23-19(25)14-7-8-16-17(11-14)21(27)24(20(16)26)15-5-3-2-4-6-15;/h7-8,11,13,15,18,22H,2-6,9-10,12H2,1H3,(H,23,25);1H. The van der Waals surface area contributed by atoms with Crippen LogP contribution in [-0.4, -0.2) is 47.8 Å². The van der Waals surface area contributed by atoms with Gasteiger partial charge < -0.3 is 10.6 Å². The van der Waals surface area contributed by atoms with Gasteiger partial charge in [-0.05, 0) is 56.5 Å². The van der Waals surface area contributed by atoms with Crippen LogP contribution in [0.25, 0.3) is 0 Å². The zero-order valence-electron chi connectivity index (χ0n) is 16.2. The van der Waals surface area contributed by atoms with Gasteiger partial charge in [0, 0.05) is 17.6 Å². The molecular formula is C21H28ClN3O3. The Morgan fingerprint density at radius 2 is 1.79 bits per heavy atom. The molecule has 0 spiro atoms. The molecule has 1 aromatic rings. The van der Waals surface area contributed by atoms with Gasteiger partial charge in [0.15, 0.2) is 0 Å². The van der Waals surface area contributed by atoms with Gasteiger partial charge in [-0.1, -0.05) is 26.2 Å². The lowest BCUT2D eigenvalue weighted by molar-refractivity contribution is 0.0548. The van der Waals surface area contributed by atoms with E-state index in [2.05, 4.69) is 17.6 Å². The minimum Gasteiger partial charge on any atom is -0.349 e. The Morgan fingerprint density at radius 3 is 2.50 bits per heavy atom. The second kappa shape index (κ2) is 8.62. The first-order valence-electron chi connectivity index (χ1n) is 10.1. The molecule has 2 N–H and O–H groups in total. The topological polar surface area (TPSA) is 78.5 Å². The molecule has 1 saturated carbocycles. The van der Waals surface area contributed by atoms with Gasteiger partial charge in [0.05, 0.1) is 11.1 Å². The van der Waals surface area contributed by atoms with Gasteiger partial charge in [-0.3, -0.25) is 19.3 Å². The van der Waals surface area contributed by atoms with Crippen molar-refractivity contribution in [3.63, 3.8) is 0 Å². The molecule has 2 fully saturated rings. The number of carbonyl (C=O) groups is 3. The van der Waals surface area contributed by atoms with Crippen molar-refractivity contribution in [1.29, 1.82) is 0 Å². The lowest BCUT2D eigenvalue weighted by atomic mass is 9.94. The molecule has 2 heterocycles. The Morgan fingerprint density at radius 1 is 1.07 bits per heavy atom. The van der Waals surface area contributed by atoms with Crippen molar-refractivity contribution in [2.75, 3.05) is 13.1 Å². The maximum atomic E-state index is 12.9. The molecule has 152 valence electrons. The van der Waals surface area contributed by atoms with E-state index in [0.29, 0.717) is 22.6 Å². The average molecular weight is 406 g/mol. The van der Waals surface area contributed by atoms with E-state index in [0.717, 1.165) is 45.2 Å². The Labute approximate surface area is 171 Å². The van der Waals surface area contributed by atoms with Crippen molar-refractivity contribution in [2.45, 2.75) is 57.5 Å². The summed E-state index contributed by atoms with van der Waals surface area (Å²) in [5.41, 5.74) is 1.25. The van der Waals surface area contributed by atoms with Crippen LogP contribution in [-0.2, 0) is 0 Å². The molecule has 2 atom stereocenters. The zero-order chi connectivity index (χ0) is 19.0. The summed E-state index contributed by atoms with van der Waals surface area (Å²) >= 11 is 0. The Kier molecular flexibility index (Phi) is 6.40. The van der Waals surface area contributed by atoms with Gasteiger partial charge in [-0.2, -0.15) is 0 Å². The maximum absolute atomic E-state index is 12.9. The zero-order valence-corrected chi connectivity index (χ0v) is 17.0. The molecule has 3 amide bonds. The summed E-state index contributed by atoms with van der Waals surface area (Å²) in [6, 6.07) is 5.02. The summed E-state index contributed by atoms with van der Waals surface area (Å²) in [5.74, 6) is -0.261. The minimum absolute atomic E-state index is 0. The quantitative estimate of drug-likeness (QED) is 0.758. The molecular weight excluding hydrogens is 378 g/mol. The number of fused-ring (bicyclic) bond motifs is 1. The van der Waals surface area contributed by atoms with Crippen LogP contribution in [0.2, 0.25) is 0 Å². The molecule has 0 aromatic heterocycles. The number of imide groups is 1. The molecule has 2 unspecified atom stereocenters. The number of hydrogen-bond acceptors (Lipinski definition) is 4. The van der Waals surface area contributed by atoms with E-state index in [1.807, 2.05) is 0 Å². The summed E-state index contributed by atoms with van der Waals surface area (Å²) in [4.78, 5) is 39.8. The molecule has 7 heteroatoms. The van der Waals surface area contributed by atoms with Gasteiger partial charge in [-0.25, -0.2) is 0 Å². The summed E-state index contributed by atoms with van der Waals surface area (Å²) < 4.78 is 0. The SMILES string of the molecule is CC1CNCCC1NC(=O)c1ccc2c(c1)C(=O)N(C1CCCCC1)C2=O.Cl. The lowest BCUT2D eigenvalue weighted by Gasteiger charge is -2.30. The number of halogens is 1. The second-order valence-electron chi connectivity index (χ2n) is 8.08. The molecule has 0 radical (unpaired) electrons. The van der Waals surface area contributed by atoms with Crippen LogP contribution in [0, 0.1) is 5.92 Å². The number of carbonyl (C=O) groups excluding carboxylic acids is 3. The third kappa shape index (κ3) is 3.80. The Bertz CT molecular complexity index is 776. The molecule has 1 aliphatic carbocycles. The van der Waals surface area contributed by atoms with E-state index in [1.165, 1.54) is 11.3 Å². The van der Waals surface area contributed by atoms with E-state index >= 15 is 0 Å². The average Bonchev–Trinajstić information content (AvgIpc) is 2.94. The summed E-state index contributed by atoms with van der Waals surface area (Å²) in [5, 5.41) is 6.41. The molecule has 0 bridgehead atoms. The predicted molar refractivity (Wildman–Crippen MR) is 109 cm³/mol. The highest BCUT2D eigenvalue weighted by Gasteiger charge is 2.40. The first-order chi connectivity index (χ1) is 13.1. The largest absolute Gasteiger partial charge is 0.349 e. The molecule has 1 aromatic carbocycles. The lowest BCUT2D eigenvalue weighted by Crippen LogP contribution is -2.48. The molecule has 6 nitrogen and oxygen atoms in total. The van der Waals surface area contributed by atoms with E-state index in [9.17, 15) is 14.4 Å². The van der Waals surface area contributed by atoms with Gasteiger partial charge in [0.2, 0.25) is 0 Å². The number of benzene rings is 1. The summed E-state index contributed by atoms with van der Waals surface area (Å²) in [7, 11) is 0. The van der Waals surface area contributed by atoms with Gasteiger partial charge in [-0.15, -0.1) is 12.4 Å². The number of nitrogens with zero attached hydrogens (tertiary/aromatic N) is 1. The number of piperidine rings is 1. The smallest absolute Gasteiger partial charge is 0.261 e. The number of rotatable bonds is 3. The van der Waals surface area contributed by atoms with E-state index in [-0.39, 0.29) is 42.2 Å². The van der Waals surface area contributed by atoms with Crippen molar-refractivity contribution < 1.29 is 14.4 Å². The van der Waals surface area contributed by atoms with Gasteiger partial charge >= 0.3 is 0 Å². The van der Waals surface area contributed by atoms with Crippen LogP contribution in [0.15, 0.2) is 18.2 Å². The molecule has 2 aliphatic heterocycles. The van der Waals surface area contributed by atoms with Crippen LogP contribution in [0.5, 0.6) is 0 Å². The fourth-order valence-electron chi connectivity index (χ4n) is 4.55. The number of nitrogens with one attached hydrogen (secondary N) is 2. The van der Waals surface area contributed by atoms with Gasteiger partial charge in [0.25, 0.3) is 17.7 Å². The maximum Gasteiger partial charge on any atom is 0.261 e. The monoisotopic (exact) mass is 405 g/mol. The predicted octanol–water partition coefficient (Wildman–Crippen LogP) is 2.76. The van der Waals surface area contributed by atoms with Gasteiger partial charge in [0.1, 0.15) is 0 Å². The number of hydrogen-bond donors (Lipinski definition) is 2. The van der Waals surface area contributed by atoms with E-state index in [4.69, 9.17) is 0 Å². The van der Waals surface area contributed by atoms with Crippen LogP contribution in [0.1, 0.15) is 76.5 Å². The summed E-state index contributed by atoms with van der Waals surface area (Å²) in [6.45, 7) is 3.89. The molecule has 4 rings (SSSR count). The van der Waals surface area contributed by atoms with Crippen LogP contribution in [0.3, 0.4) is 0 Å². The third-order valence-electron chi connectivity index (χ3n) is 6.22. The van der Waals surface area contributed by atoms with Crippen molar-refractivity contribution in [2.24, 2.45) is 5.92 Å². The fraction of sp³-hybridized carbons (Fsp3) is 0.571. The van der Waals surface area contributed by atoms with Crippen molar-refractivity contribution in [3.8, 4) is 0 Å². The normalized spacial score (nSPS) is 25.2. The first-order valence-corrected chi connectivity index (χ1v) is 10.1. The third-order valence-corrected chi connectivity index (χ3v) is 6.22. The van der Waals surface area contributed by atoms with E-state index in [1.54, 1.807) is 18.2 Å². The summed E-state index contributed by atoms with van der Waals surface area (Å²) in [6.07, 6.45) is 5.93. The van der Waals surface area contributed by atoms with Crippen LogP contribution in [0.4, 0.5) is 0 Å². The minimum atomic E-state index is -0.244. The fourth-order valence-corrected chi connectivity index (χ4v) is 4.55. The van der Waals surface area contributed by atoms with Crippen molar-refractivity contribution >= 4 is 30.1 Å². The Hall–Kier alpha value is -1.92. The highest BCUT2D eigenvalue weighted by Crippen LogP contribution is 2.31. The highest BCUT2D eigenvalue weighted by atomic mass is 35.5. The number of amides is 3. The van der Waals surface area contributed by atoms with Crippen molar-refractivity contribution in [3.05, 3.63) is 34.9 Å². The molecule has 3 aliphatic rings. The Balaban J connectivity index is 0.00000225. The van der Waals surface area contributed by atoms with Crippen molar-refractivity contribution in [1.82, 2.24) is 15.5 Å². The van der Waals surface area contributed by atoms with Crippen LogP contribution < -0.4 is 10.6 Å². The van der Waals surface area contributed by atoms with Crippen LogP contribution >= 0.6 is 12.4 Å².